The highest BCUT2D eigenvalue weighted by Crippen LogP contribution is 2.23. The molecular formula is C23H25IN4O2. The van der Waals surface area contributed by atoms with Gasteiger partial charge in [-0.25, -0.2) is 5.43 Å². The van der Waals surface area contributed by atoms with Crippen molar-refractivity contribution in [1.29, 1.82) is 0 Å². The molecule has 1 amide bonds. The molecule has 0 radical (unpaired) electrons. The number of halogens is 1. The van der Waals surface area contributed by atoms with Gasteiger partial charge in [0.1, 0.15) is 5.75 Å². The lowest BCUT2D eigenvalue weighted by Gasteiger charge is -2.14. The van der Waals surface area contributed by atoms with Crippen LogP contribution in [0.4, 0.5) is 5.69 Å². The third kappa shape index (κ3) is 4.67. The molecule has 3 aromatic rings. The smallest absolute Gasteiger partial charge is 0.271 e. The highest BCUT2D eigenvalue weighted by Gasteiger charge is 2.11. The van der Waals surface area contributed by atoms with E-state index in [0.717, 1.165) is 31.9 Å². The number of nitrogens with zero attached hydrogens (tertiary/aromatic N) is 3. The van der Waals surface area contributed by atoms with Crippen molar-refractivity contribution in [1.82, 2.24) is 9.99 Å². The van der Waals surface area contributed by atoms with Gasteiger partial charge in [0, 0.05) is 48.0 Å². The van der Waals surface area contributed by atoms with Crippen LogP contribution in [0.3, 0.4) is 0 Å². The molecule has 0 unspecified atom stereocenters. The van der Waals surface area contributed by atoms with Gasteiger partial charge >= 0.3 is 0 Å². The number of hydrogen-bond donors (Lipinski definition) is 1. The van der Waals surface area contributed by atoms with Crippen LogP contribution in [0.15, 0.2) is 53.6 Å². The van der Waals surface area contributed by atoms with E-state index in [1.165, 1.54) is 0 Å². The molecular weight excluding hydrogens is 491 g/mol. The summed E-state index contributed by atoms with van der Waals surface area (Å²) in [6.45, 7) is 4.10. The van der Waals surface area contributed by atoms with E-state index in [9.17, 15) is 4.79 Å². The van der Waals surface area contributed by atoms with Crippen LogP contribution in [-0.4, -0.2) is 37.9 Å². The first-order valence-electron chi connectivity index (χ1n) is 9.45. The second-order valence-electron chi connectivity index (χ2n) is 7.12. The number of benzene rings is 2. The Bertz CT molecular complexity index is 1090. The highest BCUT2D eigenvalue weighted by molar-refractivity contribution is 14.1. The summed E-state index contributed by atoms with van der Waals surface area (Å²) in [5.41, 5.74) is 8.43. The van der Waals surface area contributed by atoms with Gasteiger partial charge in [0.25, 0.3) is 5.91 Å². The first-order chi connectivity index (χ1) is 14.3. The largest absolute Gasteiger partial charge is 0.496 e. The minimum Gasteiger partial charge on any atom is -0.496 e. The predicted octanol–water partition coefficient (Wildman–Crippen LogP) is 4.54. The molecule has 0 saturated carbocycles. The molecule has 0 bridgehead atoms. The van der Waals surface area contributed by atoms with E-state index in [4.69, 9.17) is 4.74 Å². The summed E-state index contributed by atoms with van der Waals surface area (Å²) in [6, 6.07) is 15.7. The van der Waals surface area contributed by atoms with Gasteiger partial charge in [-0.1, -0.05) is 0 Å². The average molecular weight is 516 g/mol. The molecule has 1 N–H and O–H groups in total. The quantitative estimate of drug-likeness (QED) is 0.298. The van der Waals surface area contributed by atoms with Crippen LogP contribution in [0, 0.1) is 17.4 Å². The number of methoxy groups -OCH3 is 1. The second kappa shape index (κ2) is 9.34. The fourth-order valence-corrected chi connectivity index (χ4v) is 3.80. The van der Waals surface area contributed by atoms with E-state index in [-0.39, 0.29) is 5.91 Å². The van der Waals surface area contributed by atoms with Crippen molar-refractivity contribution in [2.45, 2.75) is 13.8 Å². The molecule has 0 saturated heterocycles. The zero-order chi connectivity index (χ0) is 21.8. The zero-order valence-corrected chi connectivity index (χ0v) is 19.9. The maximum Gasteiger partial charge on any atom is 0.271 e. The number of hydrogen-bond acceptors (Lipinski definition) is 4. The molecule has 7 heteroatoms. The molecule has 0 fully saturated rings. The Kier molecular flexibility index (Phi) is 6.81. The number of carbonyl (C=O) groups excluding carboxylic acids is 1. The molecule has 1 heterocycles. The predicted molar refractivity (Wildman–Crippen MR) is 130 cm³/mol. The number of ether oxygens (including phenoxy) is 1. The normalized spacial score (nSPS) is 11.0. The van der Waals surface area contributed by atoms with E-state index in [1.54, 1.807) is 25.5 Å². The van der Waals surface area contributed by atoms with Gasteiger partial charge in [-0.05, 0) is 85.0 Å². The fourth-order valence-electron chi connectivity index (χ4n) is 3.24. The molecule has 156 valence electrons. The summed E-state index contributed by atoms with van der Waals surface area (Å²) >= 11 is 2.16. The summed E-state index contributed by atoms with van der Waals surface area (Å²) in [5.74, 6) is 0.380. The van der Waals surface area contributed by atoms with E-state index in [0.29, 0.717) is 11.3 Å². The number of anilines is 1. The molecule has 6 nitrogen and oxygen atoms in total. The summed E-state index contributed by atoms with van der Waals surface area (Å²) in [6.07, 6.45) is 1.68. The SMILES string of the molecule is COc1cc(C(=O)N/N=C\c2cc(C)n(-c3ccc(N(C)C)cc3)c2C)ccc1I. The average Bonchev–Trinajstić information content (AvgIpc) is 3.01. The van der Waals surface area contributed by atoms with Gasteiger partial charge in [0.2, 0.25) is 0 Å². The van der Waals surface area contributed by atoms with Crippen LogP contribution in [0.25, 0.3) is 5.69 Å². The summed E-state index contributed by atoms with van der Waals surface area (Å²) < 4.78 is 8.39. The Morgan fingerprint density at radius 3 is 2.47 bits per heavy atom. The Morgan fingerprint density at radius 1 is 1.13 bits per heavy atom. The maximum absolute atomic E-state index is 12.4. The third-order valence-electron chi connectivity index (χ3n) is 4.88. The Labute approximate surface area is 190 Å². The van der Waals surface area contributed by atoms with Gasteiger partial charge in [-0.3, -0.25) is 4.79 Å². The van der Waals surface area contributed by atoms with E-state index in [1.807, 2.05) is 27.1 Å². The first-order valence-corrected chi connectivity index (χ1v) is 10.5. The first kappa shape index (κ1) is 21.9. The topological polar surface area (TPSA) is 58.9 Å². The molecule has 0 spiro atoms. The van der Waals surface area contributed by atoms with Crippen molar-refractivity contribution in [2.24, 2.45) is 5.10 Å². The molecule has 2 aromatic carbocycles. The molecule has 0 aliphatic rings. The fraction of sp³-hybridized carbons (Fsp3) is 0.217. The van der Waals surface area contributed by atoms with E-state index < -0.39 is 0 Å². The minimum absolute atomic E-state index is 0.283. The summed E-state index contributed by atoms with van der Waals surface area (Å²) in [7, 11) is 5.63. The number of aromatic nitrogens is 1. The van der Waals surface area contributed by atoms with Crippen LogP contribution >= 0.6 is 22.6 Å². The van der Waals surface area contributed by atoms with Crippen LogP contribution in [0.5, 0.6) is 5.75 Å². The second-order valence-corrected chi connectivity index (χ2v) is 8.28. The molecule has 0 atom stereocenters. The Hall–Kier alpha value is -2.81. The summed E-state index contributed by atoms with van der Waals surface area (Å²) in [5, 5.41) is 4.15. The van der Waals surface area contributed by atoms with E-state index >= 15 is 0 Å². The number of carbonyl (C=O) groups is 1. The van der Waals surface area contributed by atoms with Crippen LogP contribution in [-0.2, 0) is 0 Å². The van der Waals surface area contributed by atoms with Gasteiger partial charge in [-0.2, -0.15) is 5.10 Å². The lowest BCUT2D eigenvalue weighted by atomic mass is 10.2. The van der Waals surface area contributed by atoms with Crippen molar-refractivity contribution >= 4 is 40.4 Å². The standard InChI is InChI=1S/C23H25IN4O2/c1-15-12-18(16(2)28(15)20-9-7-19(8-10-20)27(3)4)14-25-26-23(29)17-6-11-21(24)22(13-17)30-5/h6-14H,1-5H3,(H,26,29)/b25-14-. The van der Waals surface area contributed by atoms with Crippen molar-refractivity contribution < 1.29 is 9.53 Å². The van der Waals surface area contributed by atoms with Crippen LogP contribution in [0.1, 0.15) is 27.3 Å². The van der Waals surface area contributed by atoms with Crippen LogP contribution in [0.2, 0.25) is 0 Å². The highest BCUT2D eigenvalue weighted by atomic mass is 127. The third-order valence-corrected chi connectivity index (χ3v) is 5.77. The molecule has 0 aliphatic heterocycles. The lowest BCUT2D eigenvalue weighted by Crippen LogP contribution is -2.17. The van der Waals surface area contributed by atoms with E-state index in [2.05, 4.69) is 79.8 Å². The number of rotatable bonds is 6. The van der Waals surface area contributed by atoms with Gasteiger partial charge in [-0.15, -0.1) is 0 Å². The summed E-state index contributed by atoms with van der Waals surface area (Å²) in [4.78, 5) is 14.5. The van der Waals surface area contributed by atoms with Gasteiger partial charge < -0.3 is 14.2 Å². The Balaban J connectivity index is 1.77. The minimum atomic E-state index is -0.283. The maximum atomic E-state index is 12.4. The zero-order valence-electron chi connectivity index (χ0n) is 17.7. The van der Waals surface area contributed by atoms with Crippen molar-refractivity contribution in [3.63, 3.8) is 0 Å². The van der Waals surface area contributed by atoms with Gasteiger partial charge in [0.15, 0.2) is 0 Å². The number of aryl methyl sites for hydroxylation is 1. The van der Waals surface area contributed by atoms with Crippen molar-refractivity contribution in [3.05, 3.63) is 74.6 Å². The lowest BCUT2D eigenvalue weighted by molar-refractivity contribution is 0.0954. The molecule has 30 heavy (non-hydrogen) atoms. The van der Waals surface area contributed by atoms with Gasteiger partial charge in [0.05, 0.1) is 16.9 Å². The van der Waals surface area contributed by atoms with Crippen molar-refractivity contribution in [2.75, 3.05) is 26.1 Å². The number of nitrogens with one attached hydrogen (secondary N) is 1. The Morgan fingerprint density at radius 2 is 1.83 bits per heavy atom. The molecule has 0 aliphatic carbocycles. The monoisotopic (exact) mass is 516 g/mol. The number of hydrazone groups is 1. The molecule has 3 rings (SSSR count). The number of amides is 1. The molecule has 1 aromatic heterocycles. The van der Waals surface area contributed by atoms with Crippen LogP contribution < -0.4 is 15.1 Å². The van der Waals surface area contributed by atoms with Crippen molar-refractivity contribution in [3.8, 4) is 11.4 Å².